The van der Waals surface area contributed by atoms with Crippen LogP contribution in [0.25, 0.3) is 0 Å². The molecule has 3 nitrogen and oxygen atoms in total. The van der Waals surface area contributed by atoms with Gasteiger partial charge in [-0.3, -0.25) is 0 Å². The van der Waals surface area contributed by atoms with Crippen molar-refractivity contribution in [2.45, 2.75) is 45.1 Å². The summed E-state index contributed by atoms with van der Waals surface area (Å²) in [5.41, 5.74) is -1.26. The second kappa shape index (κ2) is 4.83. The first-order valence-electron chi connectivity index (χ1n) is 6.65. The molecule has 1 aliphatic carbocycles. The highest BCUT2D eigenvalue weighted by Crippen LogP contribution is 2.46. The van der Waals surface area contributed by atoms with Crippen LogP contribution in [0.15, 0.2) is 24.3 Å². The molecule has 0 bridgehead atoms. The number of rotatable bonds is 3. The normalized spacial score (nSPS) is 25.8. The van der Waals surface area contributed by atoms with Gasteiger partial charge in [0.1, 0.15) is 11.4 Å². The predicted octanol–water partition coefficient (Wildman–Crippen LogP) is 3.66. The Kier molecular flexibility index (Phi) is 3.52. The number of carbonyl (C=O) groups is 1. The molecule has 1 aliphatic rings. The van der Waals surface area contributed by atoms with Gasteiger partial charge in [0, 0.05) is 0 Å². The lowest BCUT2D eigenvalue weighted by atomic mass is 9.63. The molecule has 2 N–H and O–H groups in total. The number of hydrogen-bond acceptors (Lipinski definition) is 2. The molecule has 0 amide bonds. The SMILES string of the molecule is CC1(C)CCCCC1(Nc1ccccc1F)C(=O)O. The van der Waals surface area contributed by atoms with Crippen LogP contribution in [0.4, 0.5) is 10.1 Å². The lowest BCUT2D eigenvalue weighted by molar-refractivity contribution is -0.148. The van der Waals surface area contributed by atoms with Gasteiger partial charge in [-0.1, -0.05) is 38.8 Å². The van der Waals surface area contributed by atoms with E-state index in [1.807, 2.05) is 13.8 Å². The quantitative estimate of drug-likeness (QED) is 0.876. The van der Waals surface area contributed by atoms with Gasteiger partial charge in [0.2, 0.25) is 0 Å². The van der Waals surface area contributed by atoms with Gasteiger partial charge >= 0.3 is 5.97 Å². The largest absolute Gasteiger partial charge is 0.479 e. The zero-order valence-corrected chi connectivity index (χ0v) is 11.4. The first kappa shape index (κ1) is 13.8. The molecule has 19 heavy (non-hydrogen) atoms. The second-order valence-electron chi connectivity index (χ2n) is 5.91. The summed E-state index contributed by atoms with van der Waals surface area (Å²) in [6.07, 6.45) is 3.20. The van der Waals surface area contributed by atoms with E-state index in [2.05, 4.69) is 5.32 Å². The standard InChI is InChI=1S/C15H20FNO2/c1-14(2)9-5-6-10-15(14,13(18)19)17-12-8-4-3-7-11(12)16/h3-4,7-8,17H,5-6,9-10H2,1-2H3,(H,18,19). The lowest BCUT2D eigenvalue weighted by Gasteiger charge is -2.48. The van der Waals surface area contributed by atoms with E-state index in [-0.39, 0.29) is 5.69 Å². The number of carboxylic acids is 1. The maximum Gasteiger partial charge on any atom is 0.329 e. The second-order valence-corrected chi connectivity index (χ2v) is 5.91. The molecule has 2 rings (SSSR count). The maximum absolute atomic E-state index is 13.8. The van der Waals surface area contributed by atoms with Gasteiger partial charge < -0.3 is 10.4 Å². The molecule has 0 aromatic heterocycles. The van der Waals surface area contributed by atoms with E-state index in [0.717, 1.165) is 19.3 Å². The fourth-order valence-corrected chi connectivity index (χ4v) is 2.98. The number of halogens is 1. The number of hydrogen-bond donors (Lipinski definition) is 2. The third-order valence-electron chi connectivity index (χ3n) is 4.35. The van der Waals surface area contributed by atoms with Crippen molar-refractivity contribution < 1.29 is 14.3 Å². The predicted molar refractivity (Wildman–Crippen MR) is 72.6 cm³/mol. The summed E-state index contributed by atoms with van der Waals surface area (Å²) in [7, 11) is 0. The van der Waals surface area contributed by atoms with Gasteiger partial charge in [-0.15, -0.1) is 0 Å². The highest BCUT2D eigenvalue weighted by Gasteiger charge is 2.52. The fraction of sp³-hybridized carbons (Fsp3) is 0.533. The molecule has 0 heterocycles. The Morgan fingerprint density at radius 1 is 1.26 bits per heavy atom. The van der Waals surface area contributed by atoms with Crippen LogP contribution in [0.3, 0.4) is 0 Å². The van der Waals surface area contributed by atoms with Crippen LogP contribution in [-0.4, -0.2) is 16.6 Å². The van der Waals surface area contributed by atoms with Gasteiger partial charge in [0.15, 0.2) is 0 Å². The Bertz CT molecular complexity index is 487. The first-order valence-corrected chi connectivity index (χ1v) is 6.65. The minimum atomic E-state index is -1.10. The molecule has 4 heteroatoms. The maximum atomic E-state index is 13.8. The highest BCUT2D eigenvalue weighted by atomic mass is 19.1. The third-order valence-corrected chi connectivity index (χ3v) is 4.35. The van der Waals surface area contributed by atoms with E-state index in [1.165, 1.54) is 6.07 Å². The molecule has 0 saturated heterocycles. The average Bonchev–Trinajstić information content (AvgIpc) is 2.34. The van der Waals surface area contributed by atoms with Crippen LogP contribution in [0, 0.1) is 11.2 Å². The van der Waals surface area contributed by atoms with Crippen LogP contribution in [0.2, 0.25) is 0 Å². The molecule has 0 spiro atoms. The highest BCUT2D eigenvalue weighted by molar-refractivity contribution is 5.84. The molecule has 0 aliphatic heterocycles. The Hall–Kier alpha value is -1.58. The van der Waals surface area contributed by atoms with Gasteiger partial charge in [-0.05, 0) is 30.4 Å². The van der Waals surface area contributed by atoms with Crippen molar-refractivity contribution in [1.29, 1.82) is 0 Å². The van der Waals surface area contributed by atoms with E-state index < -0.39 is 22.7 Å². The first-order chi connectivity index (χ1) is 8.89. The zero-order chi connectivity index (χ0) is 14.1. The van der Waals surface area contributed by atoms with Gasteiger partial charge in [-0.2, -0.15) is 0 Å². The van der Waals surface area contributed by atoms with E-state index in [1.54, 1.807) is 18.2 Å². The molecule has 0 radical (unpaired) electrons. The summed E-state index contributed by atoms with van der Waals surface area (Å²) in [6.45, 7) is 3.88. The number of aliphatic carboxylic acids is 1. The minimum Gasteiger partial charge on any atom is -0.479 e. The smallest absolute Gasteiger partial charge is 0.329 e. The summed E-state index contributed by atoms with van der Waals surface area (Å²) in [4.78, 5) is 11.8. The average molecular weight is 265 g/mol. The number of anilines is 1. The summed E-state index contributed by atoms with van der Waals surface area (Å²) in [5, 5.41) is 12.7. The van der Waals surface area contributed by atoms with Crippen molar-refractivity contribution in [3.8, 4) is 0 Å². The monoisotopic (exact) mass is 265 g/mol. The molecule has 1 aromatic carbocycles. The van der Waals surface area contributed by atoms with Crippen LogP contribution >= 0.6 is 0 Å². The Balaban J connectivity index is 2.41. The van der Waals surface area contributed by atoms with Crippen LogP contribution in [-0.2, 0) is 4.79 Å². The topological polar surface area (TPSA) is 49.3 Å². The van der Waals surface area contributed by atoms with E-state index in [9.17, 15) is 14.3 Å². The summed E-state index contributed by atoms with van der Waals surface area (Å²) in [5.74, 6) is -1.31. The third kappa shape index (κ3) is 2.31. The summed E-state index contributed by atoms with van der Waals surface area (Å²) in [6, 6.07) is 6.23. The number of benzene rings is 1. The zero-order valence-electron chi connectivity index (χ0n) is 11.4. The van der Waals surface area contributed by atoms with Gasteiger partial charge in [0.25, 0.3) is 0 Å². The van der Waals surface area contributed by atoms with Gasteiger partial charge in [0.05, 0.1) is 5.69 Å². The van der Waals surface area contributed by atoms with E-state index in [0.29, 0.717) is 6.42 Å². The molecule has 1 atom stereocenters. The van der Waals surface area contributed by atoms with Crippen molar-refractivity contribution >= 4 is 11.7 Å². The Morgan fingerprint density at radius 2 is 1.89 bits per heavy atom. The van der Waals surface area contributed by atoms with Crippen molar-refractivity contribution in [2.24, 2.45) is 5.41 Å². The van der Waals surface area contributed by atoms with Crippen molar-refractivity contribution in [1.82, 2.24) is 0 Å². The fourth-order valence-electron chi connectivity index (χ4n) is 2.98. The number of nitrogens with one attached hydrogen (secondary N) is 1. The number of para-hydroxylation sites is 1. The summed E-state index contributed by atoms with van der Waals surface area (Å²) < 4.78 is 13.8. The van der Waals surface area contributed by atoms with Crippen molar-refractivity contribution in [3.05, 3.63) is 30.1 Å². The van der Waals surface area contributed by atoms with Crippen LogP contribution in [0.1, 0.15) is 39.5 Å². The molecule has 104 valence electrons. The van der Waals surface area contributed by atoms with Crippen molar-refractivity contribution in [3.63, 3.8) is 0 Å². The van der Waals surface area contributed by atoms with Crippen molar-refractivity contribution in [2.75, 3.05) is 5.32 Å². The van der Waals surface area contributed by atoms with Crippen LogP contribution in [0.5, 0.6) is 0 Å². The molecule has 1 aromatic rings. The molecular weight excluding hydrogens is 245 g/mol. The van der Waals surface area contributed by atoms with Gasteiger partial charge in [-0.25, -0.2) is 9.18 Å². The molecule has 1 unspecified atom stereocenters. The van der Waals surface area contributed by atoms with E-state index >= 15 is 0 Å². The number of carboxylic acid groups (broad SMARTS) is 1. The molecule has 1 saturated carbocycles. The van der Waals surface area contributed by atoms with E-state index in [4.69, 9.17) is 0 Å². The lowest BCUT2D eigenvalue weighted by Crippen LogP contribution is -2.59. The molecule has 1 fully saturated rings. The minimum absolute atomic E-state index is 0.264. The summed E-state index contributed by atoms with van der Waals surface area (Å²) >= 11 is 0. The Labute approximate surface area is 112 Å². The van der Waals surface area contributed by atoms with Crippen LogP contribution < -0.4 is 5.32 Å². The Morgan fingerprint density at radius 3 is 2.47 bits per heavy atom. The molecular formula is C15H20FNO2.